The van der Waals surface area contributed by atoms with Crippen LogP contribution in [0.4, 0.5) is 13.2 Å². The van der Waals surface area contributed by atoms with Gasteiger partial charge in [-0.25, -0.2) is 0 Å². The molecule has 1 aromatic carbocycles. The topological polar surface area (TPSA) is 18.5 Å². The average Bonchev–Trinajstić information content (AvgIpc) is 2.20. The number of alkyl halides is 3. The van der Waals surface area contributed by atoms with E-state index in [4.69, 9.17) is 4.74 Å². The molecule has 1 atom stereocenters. The van der Waals surface area contributed by atoms with Gasteiger partial charge in [0, 0.05) is 6.42 Å². The molecule has 1 aromatic rings. The summed E-state index contributed by atoms with van der Waals surface area (Å²) in [5.41, 5.74) is 0. The lowest BCUT2D eigenvalue weighted by Gasteiger charge is -2.15. The second-order valence-corrected chi connectivity index (χ2v) is 4.45. The summed E-state index contributed by atoms with van der Waals surface area (Å²) in [6.45, 7) is 5.42. The van der Waals surface area contributed by atoms with Crippen LogP contribution < -0.4 is 9.47 Å². The predicted octanol–water partition coefficient (Wildman–Crippen LogP) is 4.69. The Kier molecular flexibility index (Phi) is 5.07. The van der Waals surface area contributed by atoms with Crippen LogP contribution in [0.5, 0.6) is 11.5 Å². The number of halogens is 4. The molecular formula is C12H12BrF3O2. The van der Waals surface area contributed by atoms with Crippen LogP contribution in [0.1, 0.15) is 13.3 Å². The smallest absolute Gasteiger partial charge is 0.489 e. The number of rotatable bonds is 5. The Morgan fingerprint density at radius 3 is 2.61 bits per heavy atom. The molecule has 0 aliphatic heterocycles. The first-order valence-corrected chi connectivity index (χ1v) is 5.94. The van der Waals surface area contributed by atoms with E-state index in [1.165, 1.54) is 18.2 Å². The quantitative estimate of drug-likeness (QED) is 0.731. The van der Waals surface area contributed by atoms with Crippen LogP contribution in [0.3, 0.4) is 0 Å². The number of ether oxygens (including phenoxy) is 2. The first-order chi connectivity index (χ1) is 8.31. The Morgan fingerprint density at radius 1 is 1.44 bits per heavy atom. The lowest BCUT2D eigenvalue weighted by molar-refractivity contribution is -0.274. The van der Waals surface area contributed by atoms with Crippen LogP contribution in [0.15, 0.2) is 35.3 Å². The largest absolute Gasteiger partial charge is 0.573 e. The fourth-order valence-corrected chi connectivity index (χ4v) is 1.73. The van der Waals surface area contributed by atoms with Gasteiger partial charge >= 0.3 is 6.36 Å². The SMILES string of the molecule is C=CCC(C)Oc1ccc(OC(F)(F)F)cc1Br. The van der Waals surface area contributed by atoms with Gasteiger partial charge in [0.1, 0.15) is 11.5 Å². The van der Waals surface area contributed by atoms with E-state index in [1.807, 2.05) is 6.92 Å². The highest BCUT2D eigenvalue weighted by Crippen LogP contribution is 2.32. The van der Waals surface area contributed by atoms with Crippen molar-refractivity contribution in [3.8, 4) is 11.5 Å². The normalized spacial score (nSPS) is 12.9. The van der Waals surface area contributed by atoms with Crippen molar-refractivity contribution in [2.75, 3.05) is 0 Å². The van der Waals surface area contributed by atoms with Crippen LogP contribution >= 0.6 is 15.9 Å². The van der Waals surface area contributed by atoms with E-state index in [0.717, 1.165) is 0 Å². The summed E-state index contributed by atoms with van der Waals surface area (Å²) in [5, 5.41) is 0. The van der Waals surface area contributed by atoms with Crippen molar-refractivity contribution in [3.63, 3.8) is 0 Å². The Hall–Kier alpha value is -1.17. The molecule has 0 bridgehead atoms. The standard InChI is InChI=1S/C12H12BrF3O2/c1-3-4-8(2)17-11-6-5-9(7-10(11)13)18-12(14,15)16/h3,5-8H,1,4H2,2H3. The zero-order valence-electron chi connectivity index (χ0n) is 9.63. The molecule has 0 heterocycles. The van der Waals surface area contributed by atoms with Crippen molar-refractivity contribution in [3.05, 3.63) is 35.3 Å². The zero-order valence-corrected chi connectivity index (χ0v) is 11.2. The summed E-state index contributed by atoms with van der Waals surface area (Å²) in [6.07, 6.45) is -2.45. The van der Waals surface area contributed by atoms with Crippen molar-refractivity contribution < 1.29 is 22.6 Å². The first-order valence-electron chi connectivity index (χ1n) is 5.14. The fraction of sp³-hybridized carbons (Fsp3) is 0.333. The Morgan fingerprint density at radius 2 is 2.11 bits per heavy atom. The number of benzene rings is 1. The predicted molar refractivity (Wildman–Crippen MR) is 65.7 cm³/mol. The van der Waals surface area contributed by atoms with Gasteiger partial charge in [-0.3, -0.25) is 0 Å². The maximum atomic E-state index is 12.0. The molecule has 0 fully saturated rings. The van der Waals surface area contributed by atoms with Crippen LogP contribution in [-0.4, -0.2) is 12.5 Å². The Labute approximate surface area is 112 Å². The van der Waals surface area contributed by atoms with Crippen LogP contribution in [-0.2, 0) is 0 Å². The molecule has 6 heteroatoms. The van der Waals surface area contributed by atoms with Gasteiger partial charge in [-0.05, 0) is 41.1 Å². The zero-order chi connectivity index (χ0) is 13.8. The Bertz CT molecular complexity index is 418. The number of hydrogen-bond donors (Lipinski definition) is 0. The van der Waals surface area contributed by atoms with E-state index >= 15 is 0 Å². The van der Waals surface area contributed by atoms with Gasteiger partial charge in [-0.1, -0.05) is 6.08 Å². The summed E-state index contributed by atoms with van der Waals surface area (Å²) in [5.74, 6) is 0.164. The summed E-state index contributed by atoms with van der Waals surface area (Å²) >= 11 is 3.14. The van der Waals surface area contributed by atoms with Crippen LogP contribution in [0, 0.1) is 0 Å². The molecule has 0 aliphatic carbocycles. The minimum atomic E-state index is -4.70. The van der Waals surface area contributed by atoms with Crippen molar-refractivity contribution in [2.45, 2.75) is 25.8 Å². The molecular weight excluding hydrogens is 313 g/mol. The molecule has 0 aliphatic rings. The molecule has 100 valence electrons. The highest BCUT2D eigenvalue weighted by molar-refractivity contribution is 9.10. The van der Waals surface area contributed by atoms with E-state index in [1.54, 1.807) is 6.08 Å². The number of hydrogen-bond acceptors (Lipinski definition) is 2. The maximum Gasteiger partial charge on any atom is 0.573 e. The minimum Gasteiger partial charge on any atom is -0.489 e. The highest BCUT2D eigenvalue weighted by atomic mass is 79.9. The van der Waals surface area contributed by atoms with Crippen LogP contribution in [0.2, 0.25) is 0 Å². The van der Waals surface area contributed by atoms with Gasteiger partial charge in [0.2, 0.25) is 0 Å². The molecule has 2 nitrogen and oxygen atoms in total. The molecule has 0 N–H and O–H groups in total. The maximum absolute atomic E-state index is 12.0. The van der Waals surface area contributed by atoms with Gasteiger partial charge in [-0.15, -0.1) is 19.8 Å². The van der Waals surface area contributed by atoms with Crippen molar-refractivity contribution in [2.24, 2.45) is 0 Å². The lowest BCUT2D eigenvalue weighted by Crippen LogP contribution is -2.17. The van der Waals surface area contributed by atoms with E-state index < -0.39 is 6.36 Å². The molecule has 0 spiro atoms. The molecule has 0 radical (unpaired) electrons. The third-order valence-electron chi connectivity index (χ3n) is 1.96. The molecule has 0 saturated heterocycles. The van der Waals surface area contributed by atoms with Crippen molar-refractivity contribution in [1.29, 1.82) is 0 Å². The molecule has 0 saturated carbocycles. The van der Waals surface area contributed by atoms with Gasteiger partial charge < -0.3 is 9.47 Å². The highest BCUT2D eigenvalue weighted by Gasteiger charge is 2.31. The third-order valence-corrected chi connectivity index (χ3v) is 2.58. The summed E-state index contributed by atoms with van der Waals surface area (Å²) in [6, 6.07) is 3.84. The van der Waals surface area contributed by atoms with Gasteiger partial charge in [0.15, 0.2) is 0 Å². The minimum absolute atomic E-state index is 0.104. The van der Waals surface area contributed by atoms with Crippen molar-refractivity contribution >= 4 is 15.9 Å². The van der Waals surface area contributed by atoms with E-state index in [9.17, 15) is 13.2 Å². The molecule has 1 unspecified atom stereocenters. The average molecular weight is 325 g/mol. The monoisotopic (exact) mass is 324 g/mol. The van der Waals surface area contributed by atoms with E-state index in [2.05, 4.69) is 27.2 Å². The van der Waals surface area contributed by atoms with Gasteiger partial charge in [-0.2, -0.15) is 0 Å². The van der Waals surface area contributed by atoms with E-state index in [-0.39, 0.29) is 11.9 Å². The van der Waals surface area contributed by atoms with E-state index in [0.29, 0.717) is 16.6 Å². The molecule has 0 aromatic heterocycles. The third kappa shape index (κ3) is 5.00. The van der Waals surface area contributed by atoms with Gasteiger partial charge in [0.05, 0.1) is 10.6 Å². The van der Waals surface area contributed by atoms with Crippen molar-refractivity contribution in [1.82, 2.24) is 0 Å². The van der Waals surface area contributed by atoms with Crippen LogP contribution in [0.25, 0.3) is 0 Å². The first kappa shape index (κ1) is 14.9. The lowest BCUT2D eigenvalue weighted by atomic mass is 10.2. The second kappa shape index (κ2) is 6.13. The Balaban J connectivity index is 2.76. The molecule has 0 amide bonds. The fourth-order valence-electron chi connectivity index (χ4n) is 1.27. The summed E-state index contributed by atoms with van der Waals surface area (Å²) < 4.78 is 45.7. The molecule has 18 heavy (non-hydrogen) atoms. The summed E-state index contributed by atoms with van der Waals surface area (Å²) in [7, 11) is 0. The van der Waals surface area contributed by atoms with Gasteiger partial charge in [0.25, 0.3) is 0 Å². The second-order valence-electron chi connectivity index (χ2n) is 3.59. The summed E-state index contributed by atoms with van der Waals surface area (Å²) in [4.78, 5) is 0. The molecule has 1 rings (SSSR count).